The monoisotopic (exact) mass is 616 g/mol. The standard InChI is InChI=1S/C33H46NO6PS/c1-4-5-6-7-8-9-10-11-12-13-14-15-19-38-32-21-30(28(3)35)22-33(23-32)40-41(36,37)39-31-18-16-17-29(20-31)25-34-24-27(2)42-26-34/h16-18,20-24,26H,4-15,19,25H2,1-3H3/p+1. The van der Waals surface area contributed by atoms with Gasteiger partial charge in [0, 0.05) is 17.2 Å². The fourth-order valence-corrected chi connectivity index (χ4v) is 6.19. The highest BCUT2D eigenvalue weighted by Gasteiger charge is 2.26. The lowest BCUT2D eigenvalue weighted by atomic mass is 10.1. The second-order valence-electron chi connectivity index (χ2n) is 10.9. The lowest BCUT2D eigenvalue weighted by Gasteiger charge is -2.16. The van der Waals surface area contributed by atoms with Gasteiger partial charge in [-0.1, -0.05) is 101 Å². The summed E-state index contributed by atoms with van der Waals surface area (Å²) >= 11 is 1.65. The molecule has 1 N–H and O–H groups in total. The highest BCUT2D eigenvalue weighted by Crippen LogP contribution is 2.45. The second kappa shape index (κ2) is 18.1. The molecule has 3 aromatic rings. The molecule has 0 bridgehead atoms. The van der Waals surface area contributed by atoms with Crippen LogP contribution in [0.4, 0.5) is 0 Å². The molecule has 0 saturated heterocycles. The van der Waals surface area contributed by atoms with Gasteiger partial charge in [-0.15, -0.1) is 0 Å². The lowest BCUT2D eigenvalue weighted by molar-refractivity contribution is -0.683. The third-order valence-corrected chi connectivity index (χ3v) is 8.72. The molecule has 0 spiro atoms. The maximum Gasteiger partial charge on any atom is 0.584 e. The van der Waals surface area contributed by atoms with Crippen molar-refractivity contribution >= 4 is 24.9 Å². The topological polar surface area (TPSA) is 85.9 Å². The van der Waals surface area contributed by atoms with Crippen LogP contribution in [0.1, 0.15) is 112 Å². The Hall–Kier alpha value is -2.67. The Morgan fingerprint density at radius 1 is 0.857 bits per heavy atom. The van der Waals surface area contributed by atoms with E-state index in [1.54, 1.807) is 35.6 Å². The SMILES string of the molecule is CCCCCCCCCCCCCCOc1cc(OP(=O)(O)Oc2cccc(C[n+]3csc(C)c3)c2)cc(C(C)=O)c1. The van der Waals surface area contributed by atoms with E-state index in [1.165, 1.54) is 88.1 Å². The highest BCUT2D eigenvalue weighted by atomic mass is 32.1. The van der Waals surface area contributed by atoms with Crippen molar-refractivity contribution < 1.29 is 32.6 Å². The Balaban J connectivity index is 1.45. The molecule has 3 rings (SSSR count). The molecule has 9 heteroatoms. The summed E-state index contributed by atoms with van der Waals surface area (Å²) in [4.78, 5) is 23.8. The molecule has 0 fully saturated rings. The van der Waals surface area contributed by atoms with Crippen LogP contribution < -0.4 is 18.4 Å². The number of ether oxygens (including phenoxy) is 1. The Morgan fingerprint density at radius 3 is 2.10 bits per heavy atom. The van der Waals surface area contributed by atoms with E-state index in [0.717, 1.165) is 18.4 Å². The summed E-state index contributed by atoms with van der Waals surface area (Å²) in [5.74, 6) is 0.486. The predicted octanol–water partition coefficient (Wildman–Crippen LogP) is 9.23. The number of thiazole rings is 1. The van der Waals surface area contributed by atoms with Crippen LogP contribution in [0.2, 0.25) is 0 Å². The molecule has 0 radical (unpaired) electrons. The van der Waals surface area contributed by atoms with Gasteiger partial charge >= 0.3 is 7.82 Å². The molecule has 2 aromatic carbocycles. The van der Waals surface area contributed by atoms with E-state index < -0.39 is 7.82 Å². The Morgan fingerprint density at radius 2 is 1.48 bits per heavy atom. The predicted molar refractivity (Wildman–Crippen MR) is 169 cm³/mol. The average molecular weight is 617 g/mol. The minimum atomic E-state index is -4.54. The number of phosphoric ester groups is 1. The summed E-state index contributed by atoms with van der Waals surface area (Å²) in [6.45, 7) is 6.83. The van der Waals surface area contributed by atoms with E-state index in [0.29, 0.717) is 24.5 Å². The molecule has 0 amide bonds. The Bertz CT molecular complexity index is 1290. The quantitative estimate of drug-likeness (QED) is 0.0556. The van der Waals surface area contributed by atoms with E-state index in [1.807, 2.05) is 29.3 Å². The Kier molecular flexibility index (Phi) is 14.6. The van der Waals surface area contributed by atoms with Crippen molar-refractivity contribution in [1.82, 2.24) is 0 Å². The van der Waals surface area contributed by atoms with Crippen molar-refractivity contribution in [3.63, 3.8) is 0 Å². The van der Waals surface area contributed by atoms with Gasteiger partial charge < -0.3 is 13.8 Å². The van der Waals surface area contributed by atoms with Gasteiger partial charge in [-0.25, -0.2) is 4.57 Å². The third kappa shape index (κ3) is 13.1. The largest absolute Gasteiger partial charge is 0.584 e. The molecule has 1 unspecified atom stereocenters. The average Bonchev–Trinajstić information content (AvgIpc) is 3.34. The van der Waals surface area contributed by atoms with Gasteiger partial charge in [0.05, 0.1) is 11.5 Å². The first-order valence-electron chi connectivity index (χ1n) is 15.3. The minimum absolute atomic E-state index is 0.0404. The number of ketones is 1. The first kappa shape index (κ1) is 33.8. The van der Waals surface area contributed by atoms with Crippen LogP contribution in [0, 0.1) is 6.92 Å². The number of aromatic nitrogens is 1. The zero-order chi connectivity index (χ0) is 30.2. The fraction of sp³-hybridized carbons (Fsp3) is 0.515. The van der Waals surface area contributed by atoms with Gasteiger partial charge in [0.2, 0.25) is 5.51 Å². The number of phosphoric acid groups is 1. The molecule has 230 valence electrons. The first-order valence-corrected chi connectivity index (χ1v) is 17.7. The molecule has 7 nitrogen and oxygen atoms in total. The van der Waals surface area contributed by atoms with E-state index in [2.05, 4.69) is 6.92 Å². The van der Waals surface area contributed by atoms with Crippen molar-refractivity contribution in [2.45, 2.75) is 104 Å². The Labute approximate surface area is 255 Å². The maximum atomic E-state index is 12.9. The summed E-state index contributed by atoms with van der Waals surface area (Å²) in [6.07, 6.45) is 17.2. The summed E-state index contributed by atoms with van der Waals surface area (Å²) < 4.78 is 31.6. The van der Waals surface area contributed by atoms with Gasteiger partial charge in [-0.3, -0.25) is 9.69 Å². The number of rotatable bonds is 21. The number of nitrogens with zero attached hydrogens (tertiary/aromatic N) is 1. The summed E-state index contributed by atoms with van der Waals surface area (Å²) in [5, 5.41) is 0. The van der Waals surface area contributed by atoms with Crippen LogP contribution in [0.15, 0.2) is 54.2 Å². The van der Waals surface area contributed by atoms with E-state index >= 15 is 0 Å². The number of hydrogen-bond donors (Lipinski definition) is 1. The van der Waals surface area contributed by atoms with Gasteiger partial charge in [0.1, 0.15) is 17.2 Å². The molecule has 1 heterocycles. The van der Waals surface area contributed by atoms with Crippen molar-refractivity contribution in [3.8, 4) is 17.2 Å². The van der Waals surface area contributed by atoms with Crippen molar-refractivity contribution in [2.75, 3.05) is 6.61 Å². The first-order chi connectivity index (χ1) is 20.2. The minimum Gasteiger partial charge on any atom is -0.493 e. The normalized spacial score (nSPS) is 12.6. The second-order valence-corrected chi connectivity index (χ2v) is 13.3. The highest BCUT2D eigenvalue weighted by molar-refractivity contribution is 7.48. The molecular formula is C33H47NO6PS+. The van der Waals surface area contributed by atoms with Crippen LogP contribution in [0.5, 0.6) is 17.2 Å². The van der Waals surface area contributed by atoms with E-state index in [4.69, 9.17) is 13.8 Å². The van der Waals surface area contributed by atoms with Crippen molar-refractivity contribution in [3.05, 3.63) is 70.2 Å². The van der Waals surface area contributed by atoms with Crippen LogP contribution in [-0.4, -0.2) is 17.3 Å². The van der Waals surface area contributed by atoms with Gasteiger partial charge in [0.25, 0.3) is 0 Å². The van der Waals surface area contributed by atoms with Crippen LogP contribution in [0.25, 0.3) is 0 Å². The molecule has 0 aliphatic carbocycles. The maximum absolute atomic E-state index is 12.9. The van der Waals surface area contributed by atoms with Crippen molar-refractivity contribution in [1.29, 1.82) is 0 Å². The number of benzene rings is 2. The smallest absolute Gasteiger partial charge is 0.493 e. The summed E-state index contributed by atoms with van der Waals surface area (Å²) in [5.41, 5.74) is 3.27. The summed E-state index contributed by atoms with van der Waals surface area (Å²) in [7, 11) is -4.54. The zero-order valence-corrected chi connectivity index (χ0v) is 27.1. The molecular weight excluding hydrogens is 569 g/mol. The number of hydrogen-bond acceptors (Lipinski definition) is 6. The number of carbonyl (C=O) groups excluding carboxylic acids is 1. The number of carbonyl (C=O) groups is 1. The van der Waals surface area contributed by atoms with Crippen molar-refractivity contribution in [2.24, 2.45) is 0 Å². The van der Waals surface area contributed by atoms with E-state index in [-0.39, 0.29) is 17.3 Å². The van der Waals surface area contributed by atoms with Gasteiger partial charge in [0.15, 0.2) is 18.5 Å². The number of unbranched alkanes of at least 4 members (excludes halogenated alkanes) is 11. The third-order valence-electron chi connectivity index (χ3n) is 6.98. The van der Waals surface area contributed by atoms with Crippen LogP contribution in [-0.2, 0) is 11.1 Å². The number of aryl methyl sites for hydroxylation is 1. The fourth-order valence-electron chi connectivity index (χ4n) is 4.77. The molecule has 1 aromatic heterocycles. The summed E-state index contributed by atoms with van der Waals surface area (Å²) in [6, 6.07) is 11.6. The number of Topliss-reactive ketones (excluding diaryl/α,β-unsaturated/α-hetero) is 1. The van der Waals surface area contributed by atoms with Crippen LogP contribution in [0.3, 0.4) is 0 Å². The zero-order valence-electron chi connectivity index (χ0n) is 25.4. The molecule has 1 atom stereocenters. The lowest BCUT2D eigenvalue weighted by Crippen LogP contribution is -2.30. The molecule has 0 aliphatic rings. The van der Waals surface area contributed by atoms with Gasteiger partial charge in [-0.2, -0.15) is 4.57 Å². The molecule has 0 aliphatic heterocycles. The molecule has 42 heavy (non-hydrogen) atoms. The van der Waals surface area contributed by atoms with E-state index in [9.17, 15) is 14.3 Å². The molecule has 0 saturated carbocycles. The van der Waals surface area contributed by atoms with Gasteiger partial charge in [-0.05, 0) is 44.5 Å². The van der Waals surface area contributed by atoms with Crippen LogP contribution >= 0.6 is 19.2 Å².